The van der Waals surface area contributed by atoms with Gasteiger partial charge in [0.05, 0.1) is 34.1 Å². The Morgan fingerprint density at radius 3 is 2.61 bits per heavy atom. The monoisotopic (exact) mass is 383 g/mol. The summed E-state index contributed by atoms with van der Waals surface area (Å²) in [5.74, 6) is 0.00171. The van der Waals surface area contributed by atoms with Crippen molar-refractivity contribution in [1.82, 2.24) is 14.9 Å². The molecule has 1 aliphatic rings. The van der Waals surface area contributed by atoms with Crippen molar-refractivity contribution < 1.29 is 9.31 Å². The van der Waals surface area contributed by atoms with Crippen LogP contribution in [0.3, 0.4) is 0 Å². The molecule has 2 heterocycles. The number of H-pyrrole nitrogens is 1. The number of nitro groups is 1. The van der Waals surface area contributed by atoms with E-state index in [2.05, 4.69) is 14.9 Å². The smallest absolute Gasteiger partial charge is 0.272 e. The molecule has 1 fully saturated rings. The molecular formula is C19H18FN5O3. The summed E-state index contributed by atoms with van der Waals surface area (Å²) in [5, 5.41) is 11.3. The number of halogens is 1. The van der Waals surface area contributed by atoms with Gasteiger partial charge in [0.25, 0.3) is 11.2 Å². The predicted octanol–water partition coefficient (Wildman–Crippen LogP) is 2.29. The van der Waals surface area contributed by atoms with Gasteiger partial charge in [-0.2, -0.15) is 0 Å². The minimum Gasteiger partial charge on any atom is -0.367 e. The van der Waals surface area contributed by atoms with Gasteiger partial charge in [0.2, 0.25) is 0 Å². The number of aromatic amines is 1. The number of nitrogens with one attached hydrogen (secondary N) is 1. The van der Waals surface area contributed by atoms with E-state index >= 15 is 0 Å². The van der Waals surface area contributed by atoms with E-state index in [1.165, 1.54) is 12.1 Å². The van der Waals surface area contributed by atoms with Gasteiger partial charge in [-0.05, 0) is 18.2 Å². The highest BCUT2D eigenvalue weighted by molar-refractivity contribution is 5.77. The molecule has 0 atom stereocenters. The van der Waals surface area contributed by atoms with Crippen molar-refractivity contribution in [2.24, 2.45) is 0 Å². The second-order valence-electron chi connectivity index (χ2n) is 6.69. The van der Waals surface area contributed by atoms with Gasteiger partial charge >= 0.3 is 0 Å². The van der Waals surface area contributed by atoms with E-state index in [1.54, 1.807) is 12.1 Å². The Labute approximate surface area is 159 Å². The van der Waals surface area contributed by atoms with Gasteiger partial charge in [-0.25, -0.2) is 9.37 Å². The third-order valence-electron chi connectivity index (χ3n) is 4.89. The van der Waals surface area contributed by atoms with Crippen molar-refractivity contribution in [3.05, 3.63) is 74.6 Å². The Kier molecular flexibility index (Phi) is 4.74. The van der Waals surface area contributed by atoms with Crippen LogP contribution in [-0.2, 0) is 6.54 Å². The Morgan fingerprint density at radius 2 is 1.89 bits per heavy atom. The van der Waals surface area contributed by atoms with Crippen molar-refractivity contribution in [3.63, 3.8) is 0 Å². The summed E-state index contributed by atoms with van der Waals surface area (Å²) in [4.78, 5) is 33.7. The molecular weight excluding hydrogens is 365 g/mol. The lowest BCUT2D eigenvalue weighted by atomic mass is 10.2. The van der Waals surface area contributed by atoms with Crippen LogP contribution in [0, 0.1) is 15.9 Å². The molecule has 0 saturated carbocycles. The quantitative estimate of drug-likeness (QED) is 0.549. The van der Waals surface area contributed by atoms with E-state index in [9.17, 15) is 19.3 Å². The molecule has 0 radical (unpaired) electrons. The zero-order chi connectivity index (χ0) is 19.7. The van der Waals surface area contributed by atoms with Crippen LogP contribution in [0.5, 0.6) is 0 Å². The zero-order valence-electron chi connectivity index (χ0n) is 15.0. The summed E-state index contributed by atoms with van der Waals surface area (Å²) in [5.41, 5.74) is 0.605. The third-order valence-corrected chi connectivity index (χ3v) is 4.89. The Morgan fingerprint density at radius 1 is 1.14 bits per heavy atom. The highest BCUT2D eigenvalue weighted by Gasteiger charge is 2.21. The molecule has 1 N–H and O–H groups in total. The van der Waals surface area contributed by atoms with Crippen LogP contribution in [0.15, 0.2) is 47.3 Å². The number of hydrogen-bond acceptors (Lipinski definition) is 6. The molecule has 144 valence electrons. The molecule has 4 rings (SSSR count). The number of para-hydroxylation sites is 1. The second kappa shape index (κ2) is 7.35. The van der Waals surface area contributed by atoms with E-state index in [1.807, 2.05) is 17.0 Å². The Bertz CT molecular complexity index is 1090. The maximum absolute atomic E-state index is 14.2. The SMILES string of the molecule is O=c1[nH]c(CN2CCN(c3ccc([N+](=O)[O-])cc3F)CC2)nc2ccccc12. The van der Waals surface area contributed by atoms with Crippen LogP contribution in [0.1, 0.15) is 5.82 Å². The van der Waals surface area contributed by atoms with Crippen LogP contribution in [0.4, 0.5) is 15.8 Å². The first-order valence-corrected chi connectivity index (χ1v) is 8.90. The summed E-state index contributed by atoms with van der Waals surface area (Å²) in [7, 11) is 0. The number of piperazine rings is 1. The number of rotatable bonds is 4. The van der Waals surface area contributed by atoms with Crippen LogP contribution < -0.4 is 10.5 Å². The van der Waals surface area contributed by atoms with E-state index in [0.717, 1.165) is 6.07 Å². The first-order chi connectivity index (χ1) is 13.5. The van der Waals surface area contributed by atoms with E-state index in [4.69, 9.17) is 0 Å². The van der Waals surface area contributed by atoms with Gasteiger partial charge in [-0.3, -0.25) is 19.8 Å². The molecule has 0 unspecified atom stereocenters. The number of benzene rings is 2. The minimum atomic E-state index is -0.609. The maximum atomic E-state index is 14.2. The highest BCUT2D eigenvalue weighted by atomic mass is 19.1. The summed E-state index contributed by atoms with van der Waals surface area (Å²) in [6, 6.07) is 10.9. The molecule has 3 aromatic rings. The standard InChI is InChI=1S/C19H18FN5O3/c20-15-11-13(25(27)28)5-6-17(15)24-9-7-23(8-10-24)12-18-21-16-4-2-1-3-14(16)19(26)22-18/h1-6,11H,7-10,12H2,(H,21,22,26). The normalized spacial score (nSPS) is 15.1. The van der Waals surface area contributed by atoms with Crippen molar-refractivity contribution in [1.29, 1.82) is 0 Å². The minimum absolute atomic E-state index is 0.160. The molecule has 0 amide bonds. The van der Waals surface area contributed by atoms with E-state index in [-0.39, 0.29) is 11.2 Å². The fourth-order valence-electron chi connectivity index (χ4n) is 3.43. The van der Waals surface area contributed by atoms with Gasteiger partial charge < -0.3 is 9.88 Å². The Balaban J connectivity index is 1.43. The number of fused-ring (bicyclic) bond motifs is 1. The summed E-state index contributed by atoms with van der Waals surface area (Å²) >= 11 is 0. The van der Waals surface area contributed by atoms with Gasteiger partial charge in [-0.1, -0.05) is 12.1 Å². The molecule has 28 heavy (non-hydrogen) atoms. The molecule has 0 bridgehead atoms. The van der Waals surface area contributed by atoms with Crippen LogP contribution in [0.25, 0.3) is 10.9 Å². The first-order valence-electron chi connectivity index (χ1n) is 8.90. The number of nitrogens with zero attached hydrogens (tertiary/aromatic N) is 4. The first kappa shape index (κ1) is 18.1. The van der Waals surface area contributed by atoms with Gasteiger partial charge in [0.15, 0.2) is 5.82 Å². The lowest BCUT2D eigenvalue weighted by Crippen LogP contribution is -2.46. The van der Waals surface area contributed by atoms with Crippen LogP contribution >= 0.6 is 0 Å². The van der Waals surface area contributed by atoms with Gasteiger partial charge in [-0.15, -0.1) is 0 Å². The molecule has 9 heteroatoms. The third kappa shape index (κ3) is 3.56. The maximum Gasteiger partial charge on any atom is 0.272 e. The van der Waals surface area contributed by atoms with Crippen molar-refractivity contribution in [2.45, 2.75) is 6.54 Å². The number of hydrogen-bond donors (Lipinski definition) is 1. The average Bonchev–Trinajstić information content (AvgIpc) is 2.69. The predicted molar refractivity (Wildman–Crippen MR) is 103 cm³/mol. The molecule has 0 aliphatic carbocycles. The van der Waals surface area contributed by atoms with E-state index < -0.39 is 10.7 Å². The zero-order valence-corrected chi connectivity index (χ0v) is 15.0. The molecule has 1 saturated heterocycles. The number of aromatic nitrogens is 2. The summed E-state index contributed by atoms with van der Waals surface area (Å²) < 4.78 is 14.2. The topological polar surface area (TPSA) is 95.4 Å². The van der Waals surface area contributed by atoms with Crippen molar-refractivity contribution >= 4 is 22.3 Å². The van der Waals surface area contributed by atoms with Crippen molar-refractivity contribution in [3.8, 4) is 0 Å². The fraction of sp³-hybridized carbons (Fsp3) is 0.263. The van der Waals surface area contributed by atoms with Gasteiger partial charge in [0.1, 0.15) is 5.82 Å². The number of anilines is 1. The summed E-state index contributed by atoms with van der Waals surface area (Å²) in [6.45, 7) is 2.97. The average molecular weight is 383 g/mol. The van der Waals surface area contributed by atoms with Crippen LogP contribution in [-0.4, -0.2) is 46.0 Å². The lowest BCUT2D eigenvalue weighted by molar-refractivity contribution is -0.385. The fourth-order valence-corrected chi connectivity index (χ4v) is 3.43. The second-order valence-corrected chi connectivity index (χ2v) is 6.69. The largest absolute Gasteiger partial charge is 0.367 e. The summed E-state index contributed by atoms with van der Waals surface area (Å²) in [6.07, 6.45) is 0. The molecule has 2 aromatic carbocycles. The molecule has 0 spiro atoms. The highest BCUT2D eigenvalue weighted by Crippen LogP contribution is 2.25. The number of nitro benzene ring substituents is 1. The van der Waals surface area contributed by atoms with Gasteiger partial charge in [0, 0.05) is 32.2 Å². The van der Waals surface area contributed by atoms with Crippen molar-refractivity contribution in [2.75, 3.05) is 31.1 Å². The van der Waals surface area contributed by atoms with E-state index in [0.29, 0.717) is 55.1 Å². The molecule has 1 aliphatic heterocycles. The molecule has 8 nitrogen and oxygen atoms in total. The molecule has 1 aromatic heterocycles. The number of non-ortho nitro benzene ring substituents is 1. The Hall–Kier alpha value is -3.33. The van der Waals surface area contributed by atoms with Crippen LogP contribution in [0.2, 0.25) is 0 Å². The lowest BCUT2D eigenvalue weighted by Gasteiger charge is -2.35.